The molecule has 0 radical (unpaired) electrons. The summed E-state index contributed by atoms with van der Waals surface area (Å²) >= 11 is 7.80. The van der Waals surface area contributed by atoms with Crippen molar-refractivity contribution in [1.82, 2.24) is 4.98 Å². The molecule has 5 heteroatoms. The van der Waals surface area contributed by atoms with Crippen LogP contribution in [0.25, 0.3) is 21.5 Å². The lowest BCUT2D eigenvalue weighted by Crippen LogP contribution is -2.01. The molecule has 0 aliphatic heterocycles. The molecule has 0 bridgehead atoms. The standard InChI is InChI=1S/C17H14ClNO2S/c1-3-10-4-7-15(22-10)14-8-12(17(20)21)11-5-6-13(18)9(2)16(11)19-14/h4-8H,3H2,1-2H3,(H,20,21). The zero-order valence-corrected chi connectivity index (χ0v) is 13.8. The summed E-state index contributed by atoms with van der Waals surface area (Å²) in [4.78, 5) is 18.5. The van der Waals surface area contributed by atoms with E-state index in [9.17, 15) is 9.90 Å². The zero-order valence-electron chi connectivity index (χ0n) is 12.2. The lowest BCUT2D eigenvalue weighted by molar-refractivity contribution is 0.0699. The quantitative estimate of drug-likeness (QED) is 0.718. The van der Waals surface area contributed by atoms with E-state index in [1.807, 2.05) is 13.0 Å². The fourth-order valence-electron chi connectivity index (χ4n) is 2.41. The maximum atomic E-state index is 11.6. The van der Waals surface area contributed by atoms with Gasteiger partial charge in [0.1, 0.15) is 0 Å². The molecule has 3 aromatic rings. The fourth-order valence-corrected chi connectivity index (χ4v) is 3.47. The molecule has 2 aromatic heterocycles. The number of aromatic carboxylic acids is 1. The van der Waals surface area contributed by atoms with Crippen LogP contribution in [0.1, 0.15) is 27.7 Å². The first kappa shape index (κ1) is 15.0. The van der Waals surface area contributed by atoms with Crippen molar-refractivity contribution in [2.45, 2.75) is 20.3 Å². The second-order valence-electron chi connectivity index (χ2n) is 5.05. The SMILES string of the molecule is CCc1ccc(-c2cc(C(=O)O)c3ccc(Cl)c(C)c3n2)s1. The Morgan fingerprint density at radius 2 is 2.09 bits per heavy atom. The molecule has 0 fully saturated rings. The molecule has 1 aromatic carbocycles. The number of halogens is 1. The van der Waals surface area contributed by atoms with E-state index in [0.717, 1.165) is 16.9 Å². The Balaban J connectivity index is 2.32. The summed E-state index contributed by atoms with van der Waals surface area (Å²) in [7, 11) is 0. The molecule has 3 rings (SSSR count). The van der Waals surface area contributed by atoms with Gasteiger partial charge in [-0.15, -0.1) is 11.3 Å². The average Bonchev–Trinajstić information content (AvgIpc) is 2.99. The number of fused-ring (bicyclic) bond motifs is 1. The summed E-state index contributed by atoms with van der Waals surface area (Å²) in [5.74, 6) is -0.956. The van der Waals surface area contributed by atoms with Gasteiger partial charge in [-0.3, -0.25) is 0 Å². The third-order valence-electron chi connectivity index (χ3n) is 3.66. The number of aromatic nitrogens is 1. The molecule has 1 N–H and O–H groups in total. The molecule has 112 valence electrons. The minimum Gasteiger partial charge on any atom is -0.478 e. The van der Waals surface area contributed by atoms with Gasteiger partial charge in [-0.1, -0.05) is 24.6 Å². The summed E-state index contributed by atoms with van der Waals surface area (Å²) in [5.41, 5.74) is 2.39. The van der Waals surface area contributed by atoms with Gasteiger partial charge in [0, 0.05) is 15.3 Å². The van der Waals surface area contributed by atoms with E-state index in [1.165, 1.54) is 4.88 Å². The average molecular weight is 332 g/mol. The Morgan fingerprint density at radius 1 is 1.32 bits per heavy atom. The van der Waals surface area contributed by atoms with Crippen LogP contribution in [-0.4, -0.2) is 16.1 Å². The lowest BCUT2D eigenvalue weighted by atomic mass is 10.0. The highest BCUT2D eigenvalue weighted by Crippen LogP contribution is 2.33. The molecule has 0 aliphatic carbocycles. The number of rotatable bonds is 3. The second-order valence-corrected chi connectivity index (χ2v) is 6.62. The van der Waals surface area contributed by atoms with Crippen LogP contribution in [0.4, 0.5) is 0 Å². The van der Waals surface area contributed by atoms with E-state index in [0.29, 0.717) is 21.6 Å². The van der Waals surface area contributed by atoms with E-state index in [1.54, 1.807) is 29.5 Å². The van der Waals surface area contributed by atoms with Gasteiger partial charge in [0.05, 0.1) is 21.7 Å². The Morgan fingerprint density at radius 3 is 2.73 bits per heavy atom. The van der Waals surface area contributed by atoms with Gasteiger partial charge in [-0.25, -0.2) is 9.78 Å². The maximum Gasteiger partial charge on any atom is 0.336 e. The van der Waals surface area contributed by atoms with Crippen LogP contribution < -0.4 is 0 Å². The molecule has 0 unspecified atom stereocenters. The Bertz CT molecular complexity index is 886. The normalized spacial score (nSPS) is 11.0. The highest BCUT2D eigenvalue weighted by molar-refractivity contribution is 7.15. The summed E-state index contributed by atoms with van der Waals surface area (Å²) in [6.45, 7) is 3.95. The molecule has 0 atom stereocenters. The van der Waals surface area contributed by atoms with Gasteiger partial charge in [0.25, 0.3) is 0 Å². The monoisotopic (exact) mass is 331 g/mol. The number of thiophene rings is 1. The number of carboxylic acid groups (broad SMARTS) is 1. The van der Waals surface area contributed by atoms with Gasteiger partial charge in [0.15, 0.2) is 0 Å². The van der Waals surface area contributed by atoms with E-state index in [2.05, 4.69) is 18.0 Å². The van der Waals surface area contributed by atoms with Crippen molar-refractivity contribution in [2.24, 2.45) is 0 Å². The van der Waals surface area contributed by atoms with Gasteiger partial charge in [-0.05, 0) is 43.2 Å². The molecule has 22 heavy (non-hydrogen) atoms. The van der Waals surface area contributed by atoms with Crippen LogP contribution in [-0.2, 0) is 6.42 Å². The summed E-state index contributed by atoms with van der Waals surface area (Å²) in [6.07, 6.45) is 0.953. The summed E-state index contributed by atoms with van der Waals surface area (Å²) in [6, 6.07) is 9.12. The topological polar surface area (TPSA) is 50.2 Å². The van der Waals surface area contributed by atoms with Crippen LogP contribution in [0.5, 0.6) is 0 Å². The minimum absolute atomic E-state index is 0.256. The molecular weight excluding hydrogens is 318 g/mol. The number of pyridine rings is 1. The van der Waals surface area contributed by atoms with Crippen molar-refractivity contribution in [3.8, 4) is 10.6 Å². The van der Waals surface area contributed by atoms with Crippen molar-refractivity contribution in [3.05, 3.63) is 51.4 Å². The fraction of sp³-hybridized carbons (Fsp3) is 0.176. The van der Waals surface area contributed by atoms with Crippen molar-refractivity contribution in [1.29, 1.82) is 0 Å². The highest BCUT2D eigenvalue weighted by Gasteiger charge is 2.16. The number of carboxylic acids is 1. The third kappa shape index (κ3) is 2.49. The molecule has 0 aliphatic rings. The number of hydrogen-bond acceptors (Lipinski definition) is 3. The molecule has 0 saturated carbocycles. The van der Waals surface area contributed by atoms with Gasteiger partial charge < -0.3 is 5.11 Å². The Hall–Kier alpha value is -1.91. The van der Waals surface area contributed by atoms with Crippen LogP contribution in [0.3, 0.4) is 0 Å². The van der Waals surface area contributed by atoms with Gasteiger partial charge in [0.2, 0.25) is 0 Å². The smallest absolute Gasteiger partial charge is 0.336 e. The van der Waals surface area contributed by atoms with Crippen LogP contribution >= 0.6 is 22.9 Å². The van der Waals surface area contributed by atoms with Crippen molar-refractivity contribution in [3.63, 3.8) is 0 Å². The van der Waals surface area contributed by atoms with E-state index in [4.69, 9.17) is 11.6 Å². The molecule has 0 amide bonds. The van der Waals surface area contributed by atoms with Gasteiger partial charge >= 0.3 is 5.97 Å². The third-order valence-corrected chi connectivity index (χ3v) is 5.32. The molecule has 2 heterocycles. The first-order chi connectivity index (χ1) is 10.5. The molecule has 0 spiro atoms. The highest BCUT2D eigenvalue weighted by atomic mass is 35.5. The van der Waals surface area contributed by atoms with E-state index < -0.39 is 5.97 Å². The maximum absolute atomic E-state index is 11.6. The number of carbonyl (C=O) groups is 1. The second kappa shape index (κ2) is 5.71. The zero-order chi connectivity index (χ0) is 15.9. The largest absolute Gasteiger partial charge is 0.478 e. The molecular formula is C17H14ClNO2S. The van der Waals surface area contributed by atoms with Crippen LogP contribution in [0.15, 0.2) is 30.3 Å². The number of nitrogens with zero attached hydrogens (tertiary/aromatic N) is 1. The van der Waals surface area contributed by atoms with Crippen molar-refractivity contribution >= 4 is 39.8 Å². The minimum atomic E-state index is -0.956. The number of hydrogen-bond donors (Lipinski definition) is 1. The first-order valence-corrected chi connectivity index (χ1v) is 8.13. The van der Waals surface area contributed by atoms with Crippen LogP contribution in [0, 0.1) is 6.92 Å². The van der Waals surface area contributed by atoms with E-state index >= 15 is 0 Å². The summed E-state index contributed by atoms with van der Waals surface area (Å²) in [5, 5.41) is 10.7. The van der Waals surface area contributed by atoms with Crippen LogP contribution in [0.2, 0.25) is 5.02 Å². The Labute approximate surface area is 137 Å². The predicted octanol–water partition coefficient (Wildman–Crippen LogP) is 5.19. The molecule has 3 nitrogen and oxygen atoms in total. The lowest BCUT2D eigenvalue weighted by Gasteiger charge is -2.09. The Kier molecular flexibility index (Phi) is 3.89. The van der Waals surface area contributed by atoms with Crippen molar-refractivity contribution in [2.75, 3.05) is 0 Å². The number of benzene rings is 1. The number of aryl methyl sites for hydroxylation is 2. The summed E-state index contributed by atoms with van der Waals surface area (Å²) < 4.78 is 0. The van der Waals surface area contributed by atoms with Crippen molar-refractivity contribution < 1.29 is 9.90 Å². The predicted molar refractivity (Wildman–Crippen MR) is 91.1 cm³/mol. The molecule has 0 saturated heterocycles. The van der Waals surface area contributed by atoms with Gasteiger partial charge in [-0.2, -0.15) is 0 Å². The van der Waals surface area contributed by atoms with E-state index in [-0.39, 0.29) is 5.56 Å². The first-order valence-electron chi connectivity index (χ1n) is 6.93.